The van der Waals surface area contributed by atoms with Gasteiger partial charge in [0.1, 0.15) is 23.3 Å². The van der Waals surface area contributed by atoms with E-state index in [9.17, 15) is 18.0 Å². The summed E-state index contributed by atoms with van der Waals surface area (Å²) in [5.41, 5.74) is 5.83. The van der Waals surface area contributed by atoms with Crippen LogP contribution in [-0.2, 0) is 30.8 Å². The predicted molar refractivity (Wildman–Crippen MR) is 153 cm³/mol. The molecule has 4 aromatic rings. The zero-order valence-electron chi connectivity index (χ0n) is 22.6. The van der Waals surface area contributed by atoms with Crippen molar-refractivity contribution in [3.05, 3.63) is 119 Å². The van der Waals surface area contributed by atoms with E-state index in [-0.39, 0.29) is 29.6 Å². The summed E-state index contributed by atoms with van der Waals surface area (Å²) < 4.78 is 41.2. The average Bonchev–Trinajstić information content (AvgIpc) is 3.29. The van der Waals surface area contributed by atoms with Crippen molar-refractivity contribution in [1.82, 2.24) is 5.32 Å². The number of carbonyl (C=O) groups excluding carboxylic acids is 2. The molecule has 8 nitrogen and oxygen atoms in total. The average molecular weight is 572 g/mol. The van der Waals surface area contributed by atoms with E-state index in [1.54, 1.807) is 24.3 Å². The van der Waals surface area contributed by atoms with Crippen LogP contribution in [0.15, 0.2) is 102 Å². The molecule has 1 N–H and O–H groups in total. The number of hydrogen-bond acceptors (Lipinski definition) is 7. The Morgan fingerprint density at radius 1 is 0.854 bits per heavy atom. The Kier molecular flexibility index (Phi) is 8.07. The molecule has 0 bridgehead atoms. The molecular weight excluding hydrogens is 542 g/mol. The molecule has 5 rings (SSSR count). The number of carbonyl (C=O) groups is 2. The van der Waals surface area contributed by atoms with Crippen LogP contribution in [0.5, 0.6) is 5.75 Å². The van der Waals surface area contributed by atoms with E-state index in [1.165, 1.54) is 31.4 Å². The molecule has 0 unspecified atom stereocenters. The minimum atomic E-state index is -4.05. The first-order valence-corrected chi connectivity index (χ1v) is 14.5. The summed E-state index contributed by atoms with van der Waals surface area (Å²) in [6, 6.07) is 27.5. The van der Waals surface area contributed by atoms with Crippen LogP contribution in [0, 0.1) is 6.92 Å². The number of amides is 1. The fourth-order valence-electron chi connectivity index (χ4n) is 4.96. The maximum absolute atomic E-state index is 12.8. The van der Waals surface area contributed by atoms with Gasteiger partial charge in [-0.05, 0) is 59.0 Å². The molecule has 0 radical (unpaired) electrons. The standard InChI is InChI=1S/C32H29NO7S/c1-21-14-16-24(17-15-21)41(36,37)40-23-9-7-8-22(18-23)19-30(31(34)38-2)33-32(35)39-20-29-27-12-5-3-10-25(27)26-11-4-6-13-28(26)29/h3-18,29-30H,19-20H2,1-2H3,(H,33,35)/t30-/m0/s1. The lowest BCUT2D eigenvalue weighted by atomic mass is 9.98. The molecule has 4 aromatic carbocycles. The summed E-state index contributed by atoms with van der Waals surface area (Å²) in [6.07, 6.45) is -0.741. The van der Waals surface area contributed by atoms with Gasteiger partial charge in [-0.1, -0.05) is 78.4 Å². The zero-order chi connectivity index (χ0) is 29.0. The van der Waals surface area contributed by atoms with Crippen LogP contribution in [0.25, 0.3) is 11.1 Å². The Bertz CT molecular complexity index is 1640. The van der Waals surface area contributed by atoms with Gasteiger partial charge >= 0.3 is 22.2 Å². The highest BCUT2D eigenvalue weighted by Crippen LogP contribution is 2.44. The largest absolute Gasteiger partial charge is 0.467 e. The zero-order valence-corrected chi connectivity index (χ0v) is 23.4. The molecule has 0 aliphatic heterocycles. The number of hydrogen-bond donors (Lipinski definition) is 1. The number of alkyl carbamates (subject to hydrolysis) is 1. The van der Waals surface area contributed by atoms with E-state index in [4.69, 9.17) is 13.7 Å². The Morgan fingerprint density at radius 3 is 2.12 bits per heavy atom. The van der Waals surface area contributed by atoms with Gasteiger partial charge in [0, 0.05) is 12.3 Å². The Balaban J connectivity index is 1.25. The number of rotatable bonds is 9. The topological polar surface area (TPSA) is 108 Å². The van der Waals surface area contributed by atoms with E-state index in [0.29, 0.717) is 5.56 Å². The van der Waals surface area contributed by atoms with Gasteiger partial charge in [0.05, 0.1) is 7.11 Å². The number of nitrogens with one attached hydrogen (secondary N) is 1. The SMILES string of the molecule is COC(=O)[C@H](Cc1cccc(OS(=O)(=O)c2ccc(C)cc2)c1)NC(=O)OCC1c2ccccc2-c2ccccc21. The highest BCUT2D eigenvalue weighted by molar-refractivity contribution is 7.87. The summed E-state index contributed by atoms with van der Waals surface area (Å²) in [5.74, 6) is -0.723. The maximum atomic E-state index is 12.8. The van der Waals surface area contributed by atoms with Crippen molar-refractivity contribution in [3.8, 4) is 16.9 Å². The van der Waals surface area contributed by atoms with Crippen molar-refractivity contribution in [2.75, 3.05) is 13.7 Å². The summed E-state index contributed by atoms with van der Waals surface area (Å²) in [7, 11) is -2.83. The van der Waals surface area contributed by atoms with E-state index < -0.39 is 28.2 Å². The van der Waals surface area contributed by atoms with Gasteiger partial charge in [0.2, 0.25) is 0 Å². The highest BCUT2D eigenvalue weighted by atomic mass is 32.2. The fraction of sp³-hybridized carbons (Fsp3) is 0.188. The minimum absolute atomic E-state index is 0.0258. The smallest absolute Gasteiger partial charge is 0.407 e. The first-order valence-electron chi connectivity index (χ1n) is 13.0. The van der Waals surface area contributed by atoms with Crippen molar-refractivity contribution < 1.29 is 31.7 Å². The molecule has 1 atom stereocenters. The second kappa shape index (κ2) is 11.9. The van der Waals surface area contributed by atoms with E-state index >= 15 is 0 Å². The summed E-state index contributed by atoms with van der Waals surface area (Å²) in [6.45, 7) is 1.95. The Hall–Kier alpha value is -4.63. The van der Waals surface area contributed by atoms with Crippen molar-refractivity contribution in [1.29, 1.82) is 0 Å². The third-order valence-corrected chi connectivity index (χ3v) is 8.24. The third kappa shape index (κ3) is 6.25. The van der Waals surface area contributed by atoms with E-state index in [0.717, 1.165) is 27.8 Å². The van der Waals surface area contributed by atoms with Gasteiger partial charge in [-0.25, -0.2) is 9.59 Å². The number of esters is 1. The number of benzene rings is 4. The van der Waals surface area contributed by atoms with Crippen LogP contribution in [-0.4, -0.2) is 40.2 Å². The molecule has 0 aromatic heterocycles. The second-order valence-corrected chi connectivity index (χ2v) is 11.3. The molecule has 0 heterocycles. The summed E-state index contributed by atoms with van der Waals surface area (Å²) in [4.78, 5) is 25.4. The monoisotopic (exact) mass is 571 g/mol. The van der Waals surface area contributed by atoms with Crippen LogP contribution in [0.4, 0.5) is 4.79 Å². The second-order valence-electron chi connectivity index (χ2n) is 9.75. The Labute approximate surface area is 239 Å². The summed E-state index contributed by atoms with van der Waals surface area (Å²) >= 11 is 0. The van der Waals surface area contributed by atoms with Gasteiger partial charge in [-0.3, -0.25) is 0 Å². The van der Waals surface area contributed by atoms with Gasteiger partial charge in [0.15, 0.2) is 0 Å². The van der Waals surface area contributed by atoms with E-state index in [1.807, 2.05) is 55.5 Å². The van der Waals surface area contributed by atoms with Crippen molar-refractivity contribution in [2.45, 2.75) is 30.2 Å². The molecule has 1 aliphatic rings. The molecule has 1 aliphatic carbocycles. The van der Waals surface area contributed by atoms with Crippen LogP contribution < -0.4 is 9.50 Å². The van der Waals surface area contributed by atoms with Gasteiger partial charge < -0.3 is 19.0 Å². The first-order chi connectivity index (χ1) is 19.7. The lowest BCUT2D eigenvalue weighted by Crippen LogP contribution is -2.43. The first kappa shape index (κ1) is 27.9. The molecular formula is C32H29NO7S. The van der Waals surface area contributed by atoms with Crippen LogP contribution >= 0.6 is 0 Å². The van der Waals surface area contributed by atoms with Crippen molar-refractivity contribution in [2.24, 2.45) is 0 Å². The quantitative estimate of drug-likeness (QED) is 0.212. The predicted octanol–water partition coefficient (Wildman–Crippen LogP) is 5.39. The number of fused-ring (bicyclic) bond motifs is 3. The molecule has 0 fully saturated rings. The normalized spacial score (nSPS) is 13.0. The molecule has 0 saturated heterocycles. The molecule has 1 amide bonds. The molecule has 41 heavy (non-hydrogen) atoms. The minimum Gasteiger partial charge on any atom is -0.467 e. The van der Waals surface area contributed by atoms with Crippen molar-refractivity contribution >= 4 is 22.2 Å². The maximum Gasteiger partial charge on any atom is 0.407 e. The molecule has 210 valence electrons. The molecule has 0 spiro atoms. The van der Waals surface area contributed by atoms with Crippen LogP contribution in [0.2, 0.25) is 0 Å². The van der Waals surface area contributed by atoms with Crippen LogP contribution in [0.1, 0.15) is 28.2 Å². The number of methoxy groups -OCH3 is 1. The van der Waals surface area contributed by atoms with Gasteiger partial charge in [0.25, 0.3) is 0 Å². The number of aryl methyl sites for hydroxylation is 1. The van der Waals surface area contributed by atoms with Crippen molar-refractivity contribution in [3.63, 3.8) is 0 Å². The lowest BCUT2D eigenvalue weighted by Gasteiger charge is -2.19. The van der Waals surface area contributed by atoms with Gasteiger partial charge in [-0.15, -0.1) is 0 Å². The Morgan fingerprint density at radius 2 is 1.49 bits per heavy atom. The fourth-order valence-corrected chi connectivity index (χ4v) is 5.88. The van der Waals surface area contributed by atoms with Gasteiger partial charge in [-0.2, -0.15) is 8.42 Å². The lowest BCUT2D eigenvalue weighted by molar-refractivity contribution is -0.143. The van der Waals surface area contributed by atoms with E-state index in [2.05, 4.69) is 5.32 Å². The molecule has 9 heteroatoms. The van der Waals surface area contributed by atoms with Crippen LogP contribution in [0.3, 0.4) is 0 Å². The number of ether oxygens (including phenoxy) is 2. The molecule has 0 saturated carbocycles. The summed E-state index contributed by atoms with van der Waals surface area (Å²) in [5, 5.41) is 2.59. The highest BCUT2D eigenvalue weighted by Gasteiger charge is 2.30. The third-order valence-electron chi connectivity index (χ3n) is 6.98.